The van der Waals surface area contributed by atoms with Crippen molar-refractivity contribution >= 4 is 27.6 Å². The van der Waals surface area contributed by atoms with Gasteiger partial charge < -0.3 is 9.84 Å². The molecular formula is C13H15NO4S. The van der Waals surface area contributed by atoms with E-state index in [9.17, 15) is 14.7 Å². The van der Waals surface area contributed by atoms with Crippen molar-refractivity contribution in [1.29, 1.82) is 0 Å². The number of aromatic nitrogens is 1. The Morgan fingerprint density at radius 3 is 2.84 bits per heavy atom. The van der Waals surface area contributed by atoms with Gasteiger partial charge in [-0.1, -0.05) is 24.9 Å². The fourth-order valence-corrected chi connectivity index (χ4v) is 3.11. The minimum atomic E-state index is -0.970. The van der Waals surface area contributed by atoms with Gasteiger partial charge in [-0.2, -0.15) is 0 Å². The maximum absolute atomic E-state index is 12.2. The van der Waals surface area contributed by atoms with Crippen molar-refractivity contribution < 1.29 is 14.6 Å². The van der Waals surface area contributed by atoms with Gasteiger partial charge in [0.05, 0.1) is 17.2 Å². The summed E-state index contributed by atoms with van der Waals surface area (Å²) in [4.78, 5) is 23.5. The molecule has 0 fully saturated rings. The lowest BCUT2D eigenvalue weighted by Crippen LogP contribution is -2.25. The predicted molar refractivity (Wildman–Crippen MR) is 74.2 cm³/mol. The second kappa shape index (κ2) is 5.44. The summed E-state index contributed by atoms with van der Waals surface area (Å²) in [6, 6.07) is 4.34. The molecule has 6 heteroatoms. The summed E-state index contributed by atoms with van der Waals surface area (Å²) in [5, 5.41) is 9.77. The summed E-state index contributed by atoms with van der Waals surface area (Å²) in [5.74, 6) is -0.314. The number of rotatable bonds is 5. The molecule has 102 valence electrons. The third kappa shape index (κ3) is 2.49. The molecule has 0 aliphatic rings. The van der Waals surface area contributed by atoms with E-state index in [-0.39, 0.29) is 5.56 Å². The fraction of sp³-hybridized carbons (Fsp3) is 0.385. The second-order valence-electron chi connectivity index (χ2n) is 4.23. The summed E-state index contributed by atoms with van der Waals surface area (Å²) < 4.78 is 7.19. The molecule has 1 unspecified atom stereocenters. The van der Waals surface area contributed by atoms with Crippen LogP contribution in [0.3, 0.4) is 0 Å². The average molecular weight is 281 g/mol. The van der Waals surface area contributed by atoms with Crippen LogP contribution in [0.25, 0.3) is 10.1 Å². The van der Waals surface area contributed by atoms with Crippen molar-refractivity contribution in [3.8, 4) is 5.75 Å². The molecule has 1 N–H and O–H groups in total. The topological polar surface area (TPSA) is 68.5 Å². The van der Waals surface area contributed by atoms with Crippen LogP contribution in [0.2, 0.25) is 0 Å². The smallest absolute Gasteiger partial charge is 0.327 e. The van der Waals surface area contributed by atoms with Gasteiger partial charge in [0.25, 0.3) is 5.56 Å². The van der Waals surface area contributed by atoms with Crippen LogP contribution < -0.4 is 10.3 Å². The molecule has 0 radical (unpaired) electrons. The minimum Gasteiger partial charge on any atom is -0.497 e. The largest absolute Gasteiger partial charge is 0.497 e. The maximum atomic E-state index is 12.2. The number of carboxylic acids is 1. The van der Waals surface area contributed by atoms with Gasteiger partial charge in [-0.15, -0.1) is 0 Å². The number of nitrogens with zero attached hydrogens (tertiary/aromatic N) is 1. The Bertz CT molecular complexity index is 658. The molecule has 2 rings (SSSR count). The Labute approximate surface area is 114 Å². The maximum Gasteiger partial charge on any atom is 0.327 e. The molecule has 2 aromatic rings. The quantitative estimate of drug-likeness (QED) is 0.914. The first-order chi connectivity index (χ1) is 9.08. The summed E-state index contributed by atoms with van der Waals surface area (Å²) in [5.41, 5.74) is -0.247. The molecule has 0 saturated heterocycles. The van der Waals surface area contributed by atoms with Gasteiger partial charge in [-0.25, -0.2) is 8.75 Å². The molecule has 0 aliphatic heterocycles. The van der Waals surface area contributed by atoms with Crippen molar-refractivity contribution in [3.05, 3.63) is 28.6 Å². The SMILES string of the molecule is CCCC(C(=O)O)n1sc2cc(OC)ccc2c1=O. The molecule has 0 bridgehead atoms. The number of ether oxygens (including phenoxy) is 1. The van der Waals surface area contributed by atoms with E-state index in [4.69, 9.17) is 4.74 Å². The van der Waals surface area contributed by atoms with E-state index in [1.807, 2.05) is 6.92 Å². The van der Waals surface area contributed by atoms with Crippen molar-refractivity contribution in [3.63, 3.8) is 0 Å². The van der Waals surface area contributed by atoms with Crippen LogP contribution in [0, 0.1) is 0 Å². The highest BCUT2D eigenvalue weighted by molar-refractivity contribution is 7.14. The van der Waals surface area contributed by atoms with E-state index in [1.54, 1.807) is 25.3 Å². The van der Waals surface area contributed by atoms with Crippen LogP contribution in [0.4, 0.5) is 0 Å². The highest BCUT2D eigenvalue weighted by Crippen LogP contribution is 2.26. The highest BCUT2D eigenvalue weighted by atomic mass is 32.1. The molecule has 19 heavy (non-hydrogen) atoms. The number of hydrogen-bond acceptors (Lipinski definition) is 4. The Hall–Kier alpha value is -1.82. The van der Waals surface area contributed by atoms with E-state index in [2.05, 4.69) is 0 Å². The molecule has 1 heterocycles. The van der Waals surface area contributed by atoms with E-state index in [0.717, 1.165) is 4.70 Å². The zero-order valence-corrected chi connectivity index (χ0v) is 11.6. The normalized spacial score (nSPS) is 12.5. The van der Waals surface area contributed by atoms with Gasteiger partial charge in [0.15, 0.2) is 0 Å². The van der Waals surface area contributed by atoms with Gasteiger partial charge in [-0.05, 0) is 24.6 Å². The predicted octanol–water partition coefficient (Wildman–Crippen LogP) is 2.50. The van der Waals surface area contributed by atoms with Crippen molar-refractivity contribution in [2.75, 3.05) is 7.11 Å². The van der Waals surface area contributed by atoms with Gasteiger partial charge in [0.1, 0.15) is 11.8 Å². The van der Waals surface area contributed by atoms with Gasteiger partial charge in [0.2, 0.25) is 0 Å². The zero-order valence-electron chi connectivity index (χ0n) is 10.8. The van der Waals surface area contributed by atoms with E-state index in [1.165, 1.54) is 15.5 Å². The monoisotopic (exact) mass is 281 g/mol. The number of benzene rings is 1. The van der Waals surface area contributed by atoms with Gasteiger partial charge in [-0.3, -0.25) is 4.79 Å². The lowest BCUT2D eigenvalue weighted by Gasteiger charge is -2.10. The molecule has 0 aliphatic carbocycles. The van der Waals surface area contributed by atoms with E-state index >= 15 is 0 Å². The van der Waals surface area contributed by atoms with Crippen molar-refractivity contribution in [2.45, 2.75) is 25.8 Å². The summed E-state index contributed by atoms with van der Waals surface area (Å²) in [6.45, 7) is 1.90. The molecule has 1 atom stereocenters. The average Bonchev–Trinajstić information content (AvgIpc) is 2.72. The molecule has 5 nitrogen and oxygen atoms in total. The molecule has 1 aromatic carbocycles. The van der Waals surface area contributed by atoms with Crippen LogP contribution in [0.1, 0.15) is 25.8 Å². The Morgan fingerprint density at radius 1 is 1.53 bits per heavy atom. The van der Waals surface area contributed by atoms with Gasteiger partial charge in [0, 0.05) is 0 Å². The summed E-state index contributed by atoms with van der Waals surface area (Å²) in [6.07, 6.45) is 1.15. The van der Waals surface area contributed by atoms with Gasteiger partial charge >= 0.3 is 5.97 Å². The standard InChI is InChI=1S/C13H15NO4S/c1-3-4-10(13(16)17)14-12(15)9-6-5-8(18-2)7-11(9)19-14/h5-7,10H,3-4H2,1-2H3,(H,16,17). The molecule has 1 aromatic heterocycles. The molecule has 0 amide bonds. The lowest BCUT2D eigenvalue weighted by atomic mass is 10.2. The number of aliphatic carboxylic acids is 1. The molecule has 0 saturated carbocycles. The third-order valence-electron chi connectivity index (χ3n) is 2.95. The first-order valence-electron chi connectivity index (χ1n) is 6.00. The number of carboxylic acid groups (broad SMARTS) is 1. The van der Waals surface area contributed by atoms with Crippen LogP contribution >= 0.6 is 11.5 Å². The van der Waals surface area contributed by atoms with Crippen molar-refractivity contribution in [1.82, 2.24) is 3.96 Å². The lowest BCUT2D eigenvalue weighted by molar-refractivity contribution is -0.140. The van der Waals surface area contributed by atoms with Crippen molar-refractivity contribution in [2.24, 2.45) is 0 Å². The van der Waals surface area contributed by atoms with Crippen LogP contribution in [-0.4, -0.2) is 22.1 Å². The van der Waals surface area contributed by atoms with Crippen LogP contribution in [-0.2, 0) is 4.79 Å². The first kappa shape index (κ1) is 13.6. The van der Waals surface area contributed by atoms with E-state index < -0.39 is 12.0 Å². The Balaban J connectivity index is 2.57. The number of hydrogen-bond donors (Lipinski definition) is 1. The minimum absolute atomic E-state index is 0.247. The first-order valence-corrected chi connectivity index (χ1v) is 6.78. The summed E-state index contributed by atoms with van der Waals surface area (Å²) >= 11 is 1.17. The van der Waals surface area contributed by atoms with Crippen LogP contribution in [0.5, 0.6) is 5.75 Å². The highest BCUT2D eigenvalue weighted by Gasteiger charge is 2.22. The number of carbonyl (C=O) groups is 1. The Morgan fingerprint density at radius 2 is 2.26 bits per heavy atom. The third-order valence-corrected chi connectivity index (χ3v) is 4.10. The summed E-state index contributed by atoms with van der Waals surface area (Å²) in [7, 11) is 1.55. The van der Waals surface area contributed by atoms with E-state index in [0.29, 0.717) is 24.0 Å². The fourth-order valence-electron chi connectivity index (χ4n) is 1.97. The number of methoxy groups -OCH3 is 1. The van der Waals surface area contributed by atoms with Crippen LogP contribution in [0.15, 0.2) is 23.0 Å². The molecular weight excluding hydrogens is 266 g/mol. The molecule has 0 spiro atoms. The Kier molecular flexibility index (Phi) is 3.90. The second-order valence-corrected chi connectivity index (χ2v) is 5.24. The zero-order chi connectivity index (χ0) is 14.0. The number of fused-ring (bicyclic) bond motifs is 1.